The molecule has 3 rings (SSSR count). The van der Waals surface area contributed by atoms with E-state index in [1.807, 2.05) is 18.2 Å². The van der Waals surface area contributed by atoms with Crippen LogP contribution in [0, 0.1) is 0 Å². The molecular formula is C17H18N2O. The van der Waals surface area contributed by atoms with Crippen molar-refractivity contribution >= 4 is 11.0 Å². The van der Waals surface area contributed by atoms with Crippen LogP contribution in [0.15, 0.2) is 48.5 Å². The van der Waals surface area contributed by atoms with Crippen LogP contribution >= 0.6 is 0 Å². The molecule has 2 N–H and O–H groups in total. The van der Waals surface area contributed by atoms with Gasteiger partial charge in [-0.15, -0.1) is 0 Å². The average Bonchev–Trinajstić information content (AvgIpc) is 2.89. The Morgan fingerprint density at radius 2 is 1.75 bits per heavy atom. The molecule has 0 unspecified atom stereocenters. The van der Waals surface area contributed by atoms with Crippen LogP contribution in [-0.4, -0.2) is 21.7 Å². The summed E-state index contributed by atoms with van der Waals surface area (Å²) in [5, 5.41) is 8.98. The van der Waals surface area contributed by atoms with Crippen LogP contribution in [0.3, 0.4) is 0 Å². The maximum absolute atomic E-state index is 8.98. The lowest BCUT2D eigenvalue weighted by Crippen LogP contribution is -1.92. The molecule has 0 saturated carbocycles. The largest absolute Gasteiger partial charge is 0.396 e. The quantitative estimate of drug-likeness (QED) is 0.746. The van der Waals surface area contributed by atoms with Crippen LogP contribution < -0.4 is 0 Å². The van der Waals surface area contributed by atoms with Gasteiger partial charge in [-0.25, -0.2) is 4.98 Å². The number of hydrogen-bond donors (Lipinski definition) is 2. The van der Waals surface area contributed by atoms with Crippen LogP contribution in [0.25, 0.3) is 11.0 Å². The number of fused-ring (bicyclic) bond motifs is 1. The fraction of sp³-hybridized carbons (Fsp3) is 0.235. The first kappa shape index (κ1) is 12.9. The number of H-pyrrole nitrogens is 1. The highest BCUT2D eigenvalue weighted by Crippen LogP contribution is 2.15. The maximum Gasteiger partial charge on any atom is 0.107 e. The van der Waals surface area contributed by atoms with Crippen LogP contribution in [0.4, 0.5) is 0 Å². The zero-order chi connectivity index (χ0) is 13.8. The van der Waals surface area contributed by atoms with Gasteiger partial charge in [-0.2, -0.15) is 0 Å². The zero-order valence-corrected chi connectivity index (χ0v) is 11.3. The number of aromatic amines is 1. The molecule has 102 valence electrons. The van der Waals surface area contributed by atoms with Crippen LogP contribution in [0.1, 0.15) is 17.0 Å². The second kappa shape index (κ2) is 5.88. The van der Waals surface area contributed by atoms with E-state index in [-0.39, 0.29) is 6.61 Å². The second-order valence-corrected chi connectivity index (χ2v) is 4.99. The maximum atomic E-state index is 8.98. The standard InChI is InChI=1S/C17H18N2O/c20-11-10-14-6-8-15-16(12-14)19-17(18-15)9-7-13-4-2-1-3-5-13/h1-6,8,12,20H,7,9-11H2,(H,18,19). The van der Waals surface area contributed by atoms with E-state index in [0.717, 1.165) is 35.3 Å². The number of nitrogens with one attached hydrogen (secondary N) is 1. The number of benzene rings is 2. The summed E-state index contributed by atoms with van der Waals surface area (Å²) >= 11 is 0. The normalized spacial score (nSPS) is 11.1. The Morgan fingerprint density at radius 1 is 0.900 bits per heavy atom. The highest BCUT2D eigenvalue weighted by molar-refractivity contribution is 5.75. The fourth-order valence-electron chi connectivity index (χ4n) is 2.42. The van der Waals surface area contributed by atoms with E-state index in [4.69, 9.17) is 5.11 Å². The van der Waals surface area contributed by atoms with Crippen molar-refractivity contribution in [1.29, 1.82) is 0 Å². The summed E-state index contributed by atoms with van der Waals surface area (Å²) in [6, 6.07) is 16.6. The average molecular weight is 266 g/mol. The Bertz CT molecular complexity index is 689. The minimum atomic E-state index is 0.181. The van der Waals surface area contributed by atoms with Crippen molar-refractivity contribution < 1.29 is 5.11 Å². The van der Waals surface area contributed by atoms with Gasteiger partial charge in [0, 0.05) is 13.0 Å². The summed E-state index contributed by atoms with van der Waals surface area (Å²) in [4.78, 5) is 7.98. The van der Waals surface area contributed by atoms with Crippen LogP contribution in [0.5, 0.6) is 0 Å². The van der Waals surface area contributed by atoms with Crippen LogP contribution in [-0.2, 0) is 19.3 Å². The van der Waals surface area contributed by atoms with E-state index in [0.29, 0.717) is 6.42 Å². The number of aliphatic hydroxyl groups is 1. The molecule has 1 aromatic heterocycles. The van der Waals surface area contributed by atoms with Gasteiger partial charge in [-0.3, -0.25) is 0 Å². The number of aryl methyl sites for hydroxylation is 2. The van der Waals surface area contributed by atoms with Gasteiger partial charge in [-0.05, 0) is 36.1 Å². The van der Waals surface area contributed by atoms with E-state index in [1.165, 1.54) is 5.56 Å². The Kier molecular flexibility index (Phi) is 3.79. The molecule has 3 heteroatoms. The van der Waals surface area contributed by atoms with Crippen molar-refractivity contribution in [3.8, 4) is 0 Å². The Labute approximate surface area is 118 Å². The molecule has 1 heterocycles. The first-order valence-corrected chi connectivity index (χ1v) is 6.97. The van der Waals surface area contributed by atoms with Crippen molar-refractivity contribution in [3.05, 3.63) is 65.5 Å². The predicted octanol–water partition coefficient (Wildman–Crippen LogP) is 2.88. The number of nitrogens with zero attached hydrogens (tertiary/aromatic N) is 1. The molecule has 0 bridgehead atoms. The monoisotopic (exact) mass is 266 g/mol. The van der Waals surface area contributed by atoms with Gasteiger partial charge >= 0.3 is 0 Å². The minimum absolute atomic E-state index is 0.181. The van der Waals surface area contributed by atoms with Crippen molar-refractivity contribution in [2.45, 2.75) is 19.3 Å². The lowest BCUT2D eigenvalue weighted by molar-refractivity contribution is 0.299. The smallest absolute Gasteiger partial charge is 0.107 e. The molecule has 0 aliphatic rings. The SMILES string of the molecule is OCCc1ccc2nc(CCc3ccccc3)[nH]c2c1. The highest BCUT2D eigenvalue weighted by Gasteiger charge is 2.04. The molecule has 0 atom stereocenters. The molecular weight excluding hydrogens is 248 g/mol. The number of aromatic nitrogens is 2. The van der Waals surface area contributed by atoms with Gasteiger partial charge in [0.15, 0.2) is 0 Å². The van der Waals surface area contributed by atoms with E-state index in [9.17, 15) is 0 Å². The van der Waals surface area contributed by atoms with E-state index in [1.54, 1.807) is 0 Å². The summed E-state index contributed by atoms with van der Waals surface area (Å²) in [7, 11) is 0. The molecule has 0 aliphatic carbocycles. The Hall–Kier alpha value is -2.13. The fourth-order valence-corrected chi connectivity index (χ4v) is 2.42. The molecule has 0 radical (unpaired) electrons. The number of aliphatic hydroxyl groups excluding tert-OH is 1. The van der Waals surface area contributed by atoms with Gasteiger partial charge in [-0.1, -0.05) is 36.4 Å². The number of rotatable bonds is 5. The topological polar surface area (TPSA) is 48.9 Å². The van der Waals surface area contributed by atoms with Crippen molar-refractivity contribution in [3.63, 3.8) is 0 Å². The predicted molar refractivity (Wildman–Crippen MR) is 80.7 cm³/mol. The molecule has 0 fully saturated rings. The number of imidazole rings is 1. The summed E-state index contributed by atoms with van der Waals surface area (Å²) in [5.74, 6) is 1.02. The molecule has 20 heavy (non-hydrogen) atoms. The van der Waals surface area contributed by atoms with Crippen molar-refractivity contribution in [1.82, 2.24) is 9.97 Å². The first-order chi connectivity index (χ1) is 9.85. The molecule has 3 aromatic rings. The molecule has 0 amide bonds. The van der Waals surface area contributed by atoms with Gasteiger partial charge < -0.3 is 10.1 Å². The van der Waals surface area contributed by atoms with Gasteiger partial charge in [0.1, 0.15) is 5.82 Å². The van der Waals surface area contributed by atoms with Crippen LogP contribution in [0.2, 0.25) is 0 Å². The summed E-state index contributed by atoms with van der Waals surface area (Å²) < 4.78 is 0. The third-order valence-electron chi connectivity index (χ3n) is 3.49. The van der Waals surface area contributed by atoms with E-state index in [2.05, 4.69) is 40.3 Å². The second-order valence-electron chi connectivity index (χ2n) is 4.99. The number of hydrogen-bond acceptors (Lipinski definition) is 2. The summed E-state index contributed by atoms with van der Waals surface area (Å²) in [5.41, 5.74) is 4.51. The van der Waals surface area contributed by atoms with Gasteiger partial charge in [0.2, 0.25) is 0 Å². The third kappa shape index (κ3) is 2.89. The first-order valence-electron chi connectivity index (χ1n) is 6.97. The lowest BCUT2D eigenvalue weighted by Gasteiger charge is -1.98. The molecule has 0 aliphatic heterocycles. The Morgan fingerprint density at radius 3 is 2.55 bits per heavy atom. The molecule has 3 nitrogen and oxygen atoms in total. The zero-order valence-electron chi connectivity index (χ0n) is 11.3. The highest BCUT2D eigenvalue weighted by atomic mass is 16.2. The van der Waals surface area contributed by atoms with Gasteiger partial charge in [0.05, 0.1) is 11.0 Å². The lowest BCUT2D eigenvalue weighted by atomic mass is 10.1. The van der Waals surface area contributed by atoms with Crippen molar-refractivity contribution in [2.24, 2.45) is 0 Å². The summed E-state index contributed by atoms with van der Waals surface area (Å²) in [6.07, 6.45) is 2.59. The van der Waals surface area contributed by atoms with E-state index < -0.39 is 0 Å². The molecule has 0 spiro atoms. The molecule has 2 aromatic carbocycles. The Balaban J connectivity index is 1.75. The third-order valence-corrected chi connectivity index (χ3v) is 3.49. The van der Waals surface area contributed by atoms with Crippen molar-refractivity contribution in [2.75, 3.05) is 6.61 Å². The molecule has 0 saturated heterocycles. The van der Waals surface area contributed by atoms with Gasteiger partial charge in [0.25, 0.3) is 0 Å². The minimum Gasteiger partial charge on any atom is -0.396 e. The summed E-state index contributed by atoms with van der Waals surface area (Å²) in [6.45, 7) is 0.181. The van der Waals surface area contributed by atoms with E-state index >= 15 is 0 Å².